The van der Waals surface area contributed by atoms with Crippen molar-refractivity contribution in [3.63, 3.8) is 0 Å². The van der Waals surface area contributed by atoms with Crippen LogP contribution < -0.4 is 16.0 Å². The van der Waals surface area contributed by atoms with Crippen LogP contribution in [0.1, 0.15) is 52.7 Å². The Balaban J connectivity index is 1.48. The van der Waals surface area contributed by atoms with Gasteiger partial charge < -0.3 is 15.5 Å². The molecule has 176 valence electrons. The molecule has 3 N–H and O–H groups in total. The van der Waals surface area contributed by atoms with Crippen molar-refractivity contribution in [2.75, 3.05) is 18.9 Å². The summed E-state index contributed by atoms with van der Waals surface area (Å²) in [6.45, 7) is 5.00. The highest BCUT2D eigenvalue weighted by molar-refractivity contribution is 6.08. The molecule has 4 amide bonds. The van der Waals surface area contributed by atoms with Gasteiger partial charge in [-0.15, -0.1) is 0 Å². The molecule has 0 bridgehead atoms. The van der Waals surface area contributed by atoms with Gasteiger partial charge in [0, 0.05) is 36.9 Å². The van der Waals surface area contributed by atoms with Crippen molar-refractivity contribution in [2.45, 2.75) is 44.7 Å². The van der Waals surface area contributed by atoms with Crippen LogP contribution in [0.4, 0.5) is 10.5 Å². The van der Waals surface area contributed by atoms with Gasteiger partial charge in [-0.25, -0.2) is 4.79 Å². The van der Waals surface area contributed by atoms with E-state index in [1.165, 1.54) is 12.1 Å². The standard InChI is InChI=1S/C26H29N5O3/c1-15-7-8-20(29-26(34)30-24(32)18-6-4-5-17(10-18)13-27)12-21(15)22-11-19-14-28-16(2)9-23(19)31(3)25(22)33/h4-8,10,12,16,19,22-23,28H,9,11,14H2,1-3H3,(H2,29,30,32,34). The first kappa shape index (κ1) is 23.5. The smallest absolute Gasteiger partial charge is 0.326 e. The van der Waals surface area contributed by atoms with E-state index >= 15 is 0 Å². The van der Waals surface area contributed by atoms with Gasteiger partial charge in [0.15, 0.2) is 0 Å². The number of amides is 4. The number of carbonyl (C=O) groups is 3. The van der Waals surface area contributed by atoms with Gasteiger partial charge in [-0.05, 0) is 74.1 Å². The number of nitriles is 1. The summed E-state index contributed by atoms with van der Waals surface area (Å²) in [4.78, 5) is 40.0. The minimum Gasteiger partial charge on any atom is -0.342 e. The molecule has 2 fully saturated rings. The van der Waals surface area contributed by atoms with Gasteiger partial charge in [0.1, 0.15) is 0 Å². The van der Waals surface area contributed by atoms with Crippen LogP contribution in [0, 0.1) is 24.2 Å². The maximum absolute atomic E-state index is 13.3. The van der Waals surface area contributed by atoms with E-state index in [2.05, 4.69) is 22.9 Å². The average molecular weight is 460 g/mol. The van der Waals surface area contributed by atoms with Gasteiger partial charge in [-0.2, -0.15) is 5.26 Å². The zero-order valence-electron chi connectivity index (χ0n) is 19.6. The summed E-state index contributed by atoms with van der Waals surface area (Å²) in [5.41, 5.74) is 2.94. The third kappa shape index (κ3) is 4.80. The fourth-order valence-electron chi connectivity index (χ4n) is 5.08. The molecule has 2 aromatic rings. The fraction of sp³-hybridized carbons (Fsp3) is 0.385. The third-order valence-electron chi connectivity index (χ3n) is 6.94. The highest BCUT2D eigenvalue weighted by Gasteiger charge is 2.43. The van der Waals surface area contributed by atoms with Crippen molar-refractivity contribution in [2.24, 2.45) is 5.92 Å². The summed E-state index contributed by atoms with van der Waals surface area (Å²) in [5, 5.41) is 17.5. The van der Waals surface area contributed by atoms with Crippen LogP contribution in [-0.4, -0.2) is 48.4 Å². The van der Waals surface area contributed by atoms with E-state index in [1.807, 2.05) is 37.1 Å². The van der Waals surface area contributed by atoms with Crippen molar-refractivity contribution in [3.8, 4) is 6.07 Å². The number of anilines is 1. The molecular weight excluding hydrogens is 430 g/mol. The number of hydrogen-bond acceptors (Lipinski definition) is 5. The lowest BCUT2D eigenvalue weighted by Crippen LogP contribution is -2.57. The van der Waals surface area contributed by atoms with Crippen LogP contribution in [0.2, 0.25) is 0 Å². The molecule has 34 heavy (non-hydrogen) atoms. The first-order chi connectivity index (χ1) is 16.3. The number of hydrogen-bond donors (Lipinski definition) is 3. The zero-order valence-corrected chi connectivity index (χ0v) is 19.6. The number of nitrogens with zero attached hydrogens (tertiary/aromatic N) is 2. The van der Waals surface area contributed by atoms with Crippen LogP contribution in [0.25, 0.3) is 0 Å². The van der Waals surface area contributed by atoms with E-state index in [0.29, 0.717) is 23.2 Å². The Bertz CT molecular complexity index is 1170. The van der Waals surface area contributed by atoms with Gasteiger partial charge in [-0.3, -0.25) is 14.9 Å². The molecule has 4 unspecified atom stereocenters. The Hall–Kier alpha value is -3.70. The second-order valence-corrected chi connectivity index (χ2v) is 9.28. The zero-order chi connectivity index (χ0) is 24.4. The predicted molar refractivity (Wildman–Crippen MR) is 128 cm³/mol. The number of imide groups is 1. The molecule has 4 atom stereocenters. The highest BCUT2D eigenvalue weighted by Crippen LogP contribution is 2.39. The van der Waals surface area contributed by atoms with Crippen molar-refractivity contribution in [3.05, 3.63) is 64.7 Å². The molecule has 0 aromatic heterocycles. The monoisotopic (exact) mass is 459 g/mol. The van der Waals surface area contributed by atoms with E-state index < -0.39 is 11.9 Å². The Kier molecular flexibility index (Phi) is 6.66. The number of rotatable bonds is 3. The summed E-state index contributed by atoms with van der Waals surface area (Å²) >= 11 is 0. The van der Waals surface area contributed by atoms with Gasteiger partial charge in [0.05, 0.1) is 17.6 Å². The maximum Gasteiger partial charge on any atom is 0.326 e. The predicted octanol–water partition coefficient (Wildman–Crippen LogP) is 3.14. The summed E-state index contributed by atoms with van der Waals surface area (Å²) in [5.74, 6) is -0.393. The quantitative estimate of drug-likeness (QED) is 0.652. The molecule has 2 heterocycles. The Morgan fingerprint density at radius 3 is 2.74 bits per heavy atom. The normalized spacial score (nSPS) is 24.1. The number of likely N-dealkylation sites (N-methyl/N-ethyl adjacent to an activating group) is 1. The highest BCUT2D eigenvalue weighted by atomic mass is 16.2. The number of nitrogens with one attached hydrogen (secondary N) is 3. The second kappa shape index (κ2) is 9.65. The lowest BCUT2D eigenvalue weighted by molar-refractivity contribution is -0.140. The van der Waals surface area contributed by atoms with E-state index in [1.54, 1.807) is 18.2 Å². The summed E-state index contributed by atoms with van der Waals surface area (Å²) in [7, 11) is 1.89. The van der Waals surface area contributed by atoms with Gasteiger partial charge >= 0.3 is 6.03 Å². The van der Waals surface area contributed by atoms with Crippen molar-refractivity contribution < 1.29 is 14.4 Å². The summed E-state index contributed by atoms with van der Waals surface area (Å²) < 4.78 is 0. The second-order valence-electron chi connectivity index (χ2n) is 9.28. The SMILES string of the molecule is Cc1ccc(NC(=O)NC(=O)c2cccc(C#N)c2)cc1C1CC2CNC(C)CC2N(C)C1=O. The number of likely N-dealkylation sites (tertiary alicyclic amines) is 1. The Morgan fingerprint density at radius 1 is 1.18 bits per heavy atom. The van der Waals surface area contributed by atoms with Gasteiger partial charge in [0.25, 0.3) is 5.91 Å². The molecule has 0 saturated carbocycles. The number of piperidine rings is 2. The Labute approximate surface area is 199 Å². The number of benzene rings is 2. The fourth-order valence-corrected chi connectivity index (χ4v) is 5.08. The lowest BCUT2D eigenvalue weighted by Gasteiger charge is -2.47. The number of carbonyl (C=O) groups excluding carboxylic acids is 3. The minimum atomic E-state index is -0.681. The number of urea groups is 1. The molecule has 8 heteroatoms. The molecule has 4 rings (SSSR count). The van der Waals surface area contributed by atoms with Crippen LogP contribution in [-0.2, 0) is 4.79 Å². The van der Waals surface area contributed by atoms with Crippen LogP contribution in [0.3, 0.4) is 0 Å². The molecule has 2 aliphatic rings. The molecule has 2 saturated heterocycles. The summed E-state index contributed by atoms with van der Waals surface area (Å²) in [6.07, 6.45) is 1.71. The number of fused-ring (bicyclic) bond motifs is 1. The summed E-state index contributed by atoms with van der Waals surface area (Å²) in [6, 6.07) is 13.5. The van der Waals surface area contributed by atoms with E-state index in [9.17, 15) is 14.4 Å². The molecule has 2 aliphatic heterocycles. The molecule has 8 nitrogen and oxygen atoms in total. The molecule has 2 aromatic carbocycles. The molecule has 0 radical (unpaired) electrons. The number of aryl methyl sites for hydroxylation is 1. The molecule has 0 aliphatic carbocycles. The first-order valence-electron chi connectivity index (χ1n) is 11.5. The van der Waals surface area contributed by atoms with E-state index in [0.717, 1.165) is 30.5 Å². The molecular formula is C26H29N5O3. The average Bonchev–Trinajstić information content (AvgIpc) is 2.83. The largest absolute Gasteiger partial charge is 0.342 e. The van der Waals surface area contributed by atoms with Crippen LogP contribution in [0.15, 0.2) is 42.5 Å². The van der Waals surface area contributed by atoms with Crippen LogP contribution in [0.5, 0.6) is 0 Å². The topological polar surface area (TPSA) is 114 Å². The molecule has 0 spiro atoms. The maximum atomic E-state index is 13.3. The van der Waals surface area contributed by atoms with Crippen molar-refractivity contribution in [1.82, 2.24) is 15.5 Å². The van der Waals surface area contributed by atoms with E-state index in [-0.39, 0.29) is 23.4 Å². The van der Waals surface area contributed by atoms with Crippen molar-refractivity contribution >= 4 is 23.5 Å². The third-order valence-corrected chi connectivity index (χ3v) is 6.94. The van der Waals surface area contributed by atoms with Crippen LogP contribution >= 0.6 is 0 Å². The first-order valence-corrected chi connectivity index (χ1v) is 11.5. The van der Waals surface area contributed by atoms with Gasteiger partial charge in [-0.1, -0.05) is 12.1 Å². The van der Waals surface area contributed by atoms with Crippen molar-refractivity contribution in [1.29, 1.82) is 5.26 Å². The van der Waals surface area contributed by atoms with Gasteiger partial charge in [0.2, 0.25) is 5.91 Å². The van der Waals surface area contributed by atoms with E-state index in [4.69, 9.17) is 5.26 Å². The Morgan fingerprint density at radius 2 is 1.97 bits per heavy atom. The lowest BCUT2D eigenvalue weighted by atomic mass is 9.75. The minimum absolute atomic E-state index is 0.104.